The summed E-state index contributed by atoms with van der Waals surface area (Å²) >= 11 is 2.10. The fraction of sp³-hybridized carbons (Fsp3) is 0.364. The molecule has 0 saturated heterocycles. The van der Waals surface area contributed by atoms with Gasteiger partial charge in [-0.2, -0.15) is 5.26 Å². The number of hydrogen-bond acceptors (Lipinski definition) is 1. The van der Waals surface area contributed by atoms with Crippen LogP contribution in [0.25, 0.3) is 0 Å². The molecule has 72 valence electrons. The first-order chi connectivity index (χ1) is 6.68. The van der Waals surface area contributed by atoms with E-state index in [4.69, 9.17) is 5.26 Å². The van der Waals surface area contributed by atoms with E-state index in [-0.39, 0.29) is 11.2 Å². The first-order valence-corrected chi connectivity index (χ1v) is 5.63. The highest BCUT2D eigenvalue weighted by Crippen LogP contribution is 2.44. The molecule has 1 aromatic carbocycles. The van der Waals surface area contributed by atoms with Gasteiger partial charge in [0.05, 0.1) is 11.5 Å². The van der Waals surface area contributed by atoms with E-state index in [0.717, 1.165) is 28.4 Å². The summed E-state index contributed by atoms with van der Waals surface area (Å²) in [5.41, 5.74) is 0.665. The van der Waals surface area contributed by atoms with Gasteiger partial charge in [0.25, 0.3) is 0 Å². The summed E-state index contributed by atoms with van der Waals surface area (Å²) < 4.78 is 13.7. The van der Waals surface area contributed by atoms with Crippen LogP contribution < -0.4 is 0 Å². The minimum Gasteiger partial charge on any atom is -0.207 e. The maximum absolute atomic E-state index is 12.9. The molecule has 1 aromatic rings. The lowest BCUT2D eigenvalue weighted by Crippen LogP contribution is -2.33. The lowest BCUT2D eigenvalue weighted by Gasteiger charge is -2.36. The lowest BCUT2D eigenvalue weighted by molar-refractivity contribution is 0.322. The van der Waals surface area contributed by atoms with Crippen molar-refractivity contribution in [1.29, 1.82) is 5.26 Å². The molecule has 1 aliphatic rings. The zero-order valence-electron chi connectivity index (χ0n) is 7.56. The van der Waals surface area contributed by atoms with Gasteiger partial charge in [0.15, 0.2) is 0 Å². The SMILES string of the molecule is N#CC1(c2ccc(F)cc2I)CCC1. The lowest BCUT2D eigenvalue weighted by atomic mass is 9.65. The van der Waals surface area contributed by atoms with Gasteiger partial charge >= 0.3 is 0 Å². The Kier molecular flexibility index (Phi) is 2.48. The maximum atomic E-state index is 12.9. The molecule has 0 spiro atoms. The van der Waals surface area contributed by atoms with E-state index < -0.39 is 0 Å². The molecule has 0 heterocycles. The fourth-order valence-corrected chi connectivity index (χ4v) is 2.84. The van der Waals surface area contributed by atoms with Crippen molar-refractivity contribution in [3.63, 3.8) is 0 Å². The van der Waals surface area contributed by atoms with Gasteiger partial charge < -0.3 is 0 Å². The zero-order chi connectivity index (χ0) is 10.2. The topological polar surface area (TPSA) is 23.8 Å². The Hall–Kier alpha value is -0.630. The summed E-state index contributed by atoms with van der Waals surface area (Å²) in [6.45, 7) is 0. The van der Waals surface area contributed by atoms with E-state index >= 15 is 0 Å². The molecule has 1 fully saturated rings. The van der Waals surface area contributed by atoms with Crippen LogP contribution in [0.1, 0.15) is 24.8 Å². The number of halogens is 2. The second-order valence-electron chi connectivity index (χ2n) is 3.67. The molecule has 0 aromatic heterocycles. The number of nitriles is 1. The minimum absolute atomic E-state index is 0.231. The summed E-state index contributed by atoms with van der Waals surface area (Å²) in [5, 5.41) is 9.14. The van der Waals surface area contributed by atoms with E-state index in [1.165, 1.54) is 12.1 Å². The smallest absolute Gasteiger partial charge is 0.124 e. The first-order valence-electron chi connectivity index (χ1n) is 4.55. The molecule has 0 N–H and O–H groups in total. The second-order valence-corrected chi connectivity index (χ2v) is 4.83. The van der Waals surface area contributed by atoms with Crippen molar-refractivity contribution in [2.24, 2.45) is 0 Å². The van der Waals surface area contributed by atoms with Gasteiger partial charge in [0.1, 0.15) is 5.82 Å². The minimum atomic E-state index is -0.329. The van der Waals surface area contributed by atoms with Crippen LogP contribution in [0.5, 0.6) is 0 Å². The van der Waals surface area contributed by atoms with Crippen LogP contribution in [0.3, 0.4) is 0 Å². The van der Waals surface area contributed by atoms with Crippen LogP contribution in [-0.2, 0) is 5.41 Å². The van der Waals surface area contributed by atoms with Gasteiger partial charge in [-0.15, -0.1) is 0 Å². The third-order valence-electron chi connectivity index (χ3n) is 2.87. The van der Waals surface area contributed by atoms with E-state index in [2.05, 4.69) is 28.7 Å². The average molecular weight is 301 g/mol. The van der Waals surface area contributed by atoms with Gasteiger partial charge in [0, 0.05) is 3.57 Å². The number of nitrogens with zero attached hydrogens (tertiary/aromatic N) is 1. The van der Waals surface area contributed by atoms with Crippen LogP contribution in [-0.4, -0.2) is 0 Å². The van der Waals surface area contributed by atoms with Crippen molar-refractivity contribution >= 4 is 22.6 Å². The second kappa shape index (κ2) is 3.50. The molecule has 0 radical (unpaired) electrons. The van der Waals surface area contributed by atoms with Crippen molar-refractivity contribution in [2.45, 2.75) is 24.7 Å². The van der Waals surface area contributed by atoms with Crippen molar-refractivity contribution < 1.29 is 4.39 Å². The fourth-order valence-electron chi connectivity index (χ4n) is 1.85. The third-order valence-corrected chi connectivity index (χ3v) is 3.76. The predicted octanol–water partition coefficient (Wildman–Crippen LogP) is 3.38. The Balaban J connectivity index is 2.46. The van der Waals surface area contributed by atoms with Crippen molar-refractivity contribution in [1.82, 2.24) is 0 Å². The standard InChI is InChI=1S/C11H9FIN/c12-8-2-3-9(10(13)6-8)11(7-14)4-1-5-11/h2-3,6H,1,4-5H2. The summed E-state index contributed by atoms with van der Waals surface area (Å²) in [6.07, 6.45) is 2.91. The zero-order valence-corrected chi connectivity index (χ0v) is 9.71. The molecular formula is C11H9FIN. The normalized spacial score (nSPS) is 18.4. The quantitative estimate of drug-likeness (QED) is 0.730. The Morgan fingerprint density at radius 3 is 2.57 bits per heavy atom. The van der Waals surface area contributed by atoms with Crippen molar-refractivity contribution in [3.05, 3.63) is 33.1 Å². The average Bonchev–Trinajstić information content (AvgIpc) is 2.07. The van der Waals surface area contributed by atoms with Crippen LogP contribution in [0, 0.1) is 20.7 Å². The van der Waals surface area contributed by atoms with Gasteiger partial charge in [0.2, 0.25) is 0 Å². The molecule has 1 aliphatic carbocycles. The Morgan fingerprint density at radius 2 is 2.14 bits per heavy atom. The molecule has 0 aliphatic heterocycles. The Bertz CT molecular complexity index is 404. The van der Waals surface area contributed by atoms with Gasteiger partial charge in [-0.1, -0.05) is 6.07 Å². The molecule has 1 saturated carbocycles. The van der Waals surface area contributed by atoms with Crippen LogP contribution in [0.2, 0.25) is 0 Å². The van der Waals surface area contributed by atoms with Crippen LogP contribution in [0.4, 0.5) is 4.39 Å². The molecule has 3 heteroatoms. The number of rotatable bonds is 1. The highest BCUT2D eigenvalue weighted by atomic mass is 127. The molecule has 0 atom stereocenters. The van der Waals surface area contributed by atoms with Crippen molar-refractivity contribution in [2.75, 3.05) is 0 Å². The molecule has 2 rings (SSSR count). The van der Waals surface area contributed by atoms with Crippen LogP contribution in [0.15, 0.2) is 18.2 Å². The third kappa shape index (κ3) is 1.42. The summed E-state index contributed by atoms with van der Waals surface area (Å²) in [6, 6.07) is 7.05. The first kappa shape index (κ1) is 9.91. The number of hydrogen-bond donors (Lipinski definition) is 0. The highest BCUT2D eigenvalue weighted by molar-refractivity contribution is 14.1. The van der Waals surface area contributed by atoms with Crippen molar-refractivity contribution in [3.8, 4) is 6.07 Å². The van der Waals surface area contributed by atoms with Gasteiger partial charge in [-0.3, -0.25) is 0 Å². The van der Waals surface area contributed by atoms with E-state index in [1.54, 1.807) is 6.07 Å². The van der Waals surface area contributed by atoms with E-state index in [9.17, 15) is 4.39 Å². The number of benzene rings is 1. The molecular weight excluding hydrogens is 292 g/mol. The highest BCUT2D eigenvalue weighted by Gasteiger charge is 2.40. The summed E-state index contributed by atoms with van der Waals surface area (Å²) in [4.78, 5) is 0. The Labute approximate surface area is 96.1 Å². The predicted molar refractivity (Wildman–Crippen MR) is 60.3 cm³/mol. The largest absolute Gasteiger partial charge is 0.207 e. The monoisotopic (exact) mass is 301 g/mol. The summed E-state index contributed by atoms with van der Waals surface area (Å²) in [7, 11) is 0. The molecule has 0 unspecified atom stereocenters. The van der Waals surface area contributed by atoms with Gasteiger partial charge in [-0.25, -0.2) is 4.39 Å². The maximum Gasteiger partial charge on any atom is 0.124 e. The van der Waals surface area contributed by atoms with E-state index in [0.29, 0.717) is 0 Å². The molecule has 0 amide bonds. The Morgan fingerprint density at radius 1 is 1.43 bits per heavy atom. The molecule has 14 heavy (non-hydrogen) atoms. The van der Waals surface area contributed by atoms with E-state index in [1.807, 2.05) is 0 Å². The van der Waals surface area contributed by atoms with Crippen LogP contribution >= 0.6 is 22.6 Å². The van der Waals surface area contributed by atoms with Gasteiger partial charge in [-0.05, 0) is 59.5 Å². The molecule has 0 bridgehead atoms. The molecule has 1 nitrogen and oxygen atoms in total. The summed E-state index contributed by atoms with van der Waals surface area (Å²) in [5.74, 6) is -0.231.